The van der Waals surface area contributed by atoms with Gasteiger partial charge in [-0.05, 0) is 43.3 Å². The SMILES string of the molecule is CN1CCN(c2cc(NC3C=C(C4CC4)NN3C)nc(NCc3cc(-c4cccs4)no3)n2)CC1. The summed E-state index contributed by atoms with van der Waals surface area (Å²) in [5, 5.41) is 15.3. The Morgan fingerprint density at radius 1 is 1.14 bits per heavy atom. The summed E-state index contributed by atoms with van der Waals surface area (Å²) in [5.74, 6) is 3.70. The summed E-state index contributed by atoms with van der Waals surface area (Å²) in [6.45, 7) is 4.37. The molecular weight excluding hydrogens is 462 g/mol. The predicted molar refractivity (Wildman–Crippen MR) is 138 cm³/mol. The van der Waals surface area contributed by atoms with E-state index in [4.69, 9.17) is 14.5 Å². The topological polar surface area (TPSA) is 97.6 Å². The van der Waals surface area contributed by atoms with Crippen LogP contribution in [0.2, 0.25) is 0 Å². The molecule has 3 aliphatic rings. The summed E-state index contributed by atoms with van der Waals surface area (Å²) in [5.41, 5.74) is 5.64. The highest BCUT2D eigenvalue weighted by Crippen LogP contribution is 2.37. The molecule has 2 fully saturated rings. The zero-order valence-corrected chi connectivity index (χ0v) is 20.9. The van der Waals surface area contributed by atoms with Crippen LogP contribution in [-0.4, -0.2) is 71.5 Å². The van der Waals surface area contributed by atoms with Crippen molar-refractivity contribution in [1.29, 1.82) is 0 Å². The van der Waals surface area contributed by atoms with Crippen LogP contribution < -0.4 is 21.0 Å². The Balaban J connectivity index is 1.20. The van der Waals surface area contributed by atoms with Crippen LogP contribution >= 0.6 is 11.3 Å². The van der Waals surface area contributed by atoms with Gasteiger partial charge in [-0.25, -0.2) is 5.01 Å². The van der Waals surface area contributed by atoms with E-state index in [1.165, 1.54) is 18.5 Å². The average molecular weight is 494 g/mol. The van der Waals surface area contributed by atoms with Crippen molar-refractivity contribution in [3.8, 4) is 10.6 Å². The molecule has 2 aliphatic heterocycles. The molecule has 1 atom stereocenters. The third-order valence-corrected chi connectivity index (χ3v) is 7.56. The minimum Gasteiger partial charge on any atom is -0.359 e. The minimum atomic E-state index is 0.0383. The second-order valence-electron chi connectivity index (χ2n) is 9.44. The largest absolute Gasteiger partial charge is 0.359 e. The molecule has 6 rings (SSSR count). The number of nitrogens with zero attached hydrogens (tertiary/aromatic N) is 6. The highest BCUT2D eigenvalue weighted by Gasteiger charge is 2.32. The van der Waals surface area contributed by atoms with Gasteiger partial charge in [0.15, 0.2) is 5.76 Å². The van der Waals surface area contributed by atoms with E-state index in [-0.39, 0.29) is 6.17 Å². The van der Waals surface area contributed by atoms with Crippen molar-refractivity contribution in [2.75, 3.05) is 55.8 Å². The number of hydrogen-bond acceptors (Lipinski definition) is 11. The van der Waals surface area contributed by atoms with Crippen LogP contribution in [0.1, 0.15) is 18.6 Å². The van der Waals surface area contributed by atoms with E-state index >= 15 is 0 Å². The summed E-state index contributed by atoms with van der Waals surface area (Å²) < 4.78 is 5.54. The van der Waals surface area contributed by atoms with Crippen molar-refractivity contribution in [3.05, 3.63) is 47.2 Å². The van der Waals surface area contributed by atoms with E-state index in [0.717, 1.165) is 54.1 Å². The lowest BCUT2D eigenvalue weighted by atomic mass is 10.3. The van der Waals surface area contributed by atoms with Gasteiger partial charge in [-0.1, -0.05) is 11.2 Å². The number of allylic oxidation sites excluding steroid dienone is 1. The lowest BCUT2D eigenvalue weighted by Crippen LogP contribution is -2.45. The van der Waals surface area contributed by atoms with E-state index in [1.54, 1.807) is 11.3 Å². The first-order chi connectivity index (χ1) is 17.1. The fraction of sp³-hybridized carbons (Fsp3) is 0.458. The van der Waals surface area contributed by atoms with Gasteiger partial charge in [0.2, 0.25) is 5.95 Å². The van der Waals surface area contributed by atoms with Crippen LogP contribution in [0.4, 0.5) is 17.6 Å². The first-order valence-corrected chi connectivity index (χ1v) is 13.0. The van der Waals surface area contributed by atoms with Crippen LogP contribution in [0.3, 0.4) is 0 Å². The Kier molecular flexibility index (Phi) is 6.05. The second-order valence-corrected chi connectivity index (χ2v) is 10.4. The number of likely N-dealkylation sites (N-methyl/N-ethyl adjacent to an activating group) is 2. The van der Waals surface area contributed by atoms with E-state index in [9.17, 15) is 0 Å². The van der Waals surface area contributed by atoms with Crippen molar-refractivity contribution < 1.29 is 4.52 Å². The Bertz CT molecular complexity index is 1180. The normalized spacial score (nSPS) is 21.1. The number of aromatic nitrogens is 3. The number of piperazine rings is 1. The fourth-order valence-electron chi connectivity index (χ4n) is 4.39. The van der Waals surface area contributed by atoms with Gasteiger partial charge in [0, 0.05) is 51.1 Å². The van der Waals surface area contributed by atoms with Crippen molar-refractivity contribution >= 4 is 28.9 Å². The highest BCUT2D eigenvalue weighted by atomic mass is 32.1. The smallest absolute Gasteiger partial charge is 0.226 e. The van der Waals surface area contributed by atoms with E-state index in [0.29, 0.717) is 18.4 Å². The Hall–Kier alpha value is -3.15. The molecule has 0 radical (unpaired) electrons. The van der Waals surface area contributed by atoms with Crippen LogP contribution in [0, 0.1) is 5.92 Å². The van der Waals surface area contributed by atoms with Gasteiger partial charge in [-0.2, -0.15) is 9.97 Å². The van der Waals surface area contributed by atoms with E-state index in [1.807, 2.05) is 23.6 Å². The van der Waals surface area contributed by atoms with Crippen LogP contribution in [0.25, 0.3) is 10.6 Å². The van der Waals surface area contributed by atoms with Crippen molar-refractivity contribution in [1.82, 2.24) is 30.5 Å². The van der Waals surface area contributed by atoms with Gasteiger partial charge >= 0.3 is 0 Å². The van der Waals surface area contributed by atoms with Gasteiger partial charge in [0.05, 0.1) is 11.4 Å². The molecule has 3 N–H and O–H groups in total. The molecule has 1 aliphatic carbocycles. The summed E-state index contributed by atoms with van der Waals surface area (Å²) in [4.78, 5) is 15.4. The quantitative estimate of drug-likeness (QED) is 0.434. The van der Waals surface area contributed by atoms with Crippen molar-refractivity contribution in [2.45, 2.75) is 25.6 Å². The second kappa shape index (κ2) is 9.48. The first kappa shape index (κ1) is 22.3. The maximum absolute atomic E-state index is 5.54. The molecule has 0 aromatic carbocycles. The summed E-state index contributed by atoms with van der Waals surface area (Å²) in [6.07, 6.45) is 4.84. The molecule has 1 unspecified atom stereocenters. The Labute approximate surface area is 209 Å². The van der Waals surface area contributed by atoms with Crippen LogP contribution in [0.15, 0.2) is 45.9 Å². The number of rotatable bonds is 8. The van der Waals surface area contributed by atoms with Crippen molar-refractivity contribution in [3.63, 3.8) is 0 Å². The fourth-order valence-corrected chi connectivity index (χ4v) is 5.07. The molecule has 0 amide bonds. The van der Waals surface area contributed by atoms with Gasteiger partial charge in [-0.15, -0.1) is 11.3 Å². The standard InChI is InChI=1S/C24H31N9OS/c1-31-7-9-33(10-8-31)23-14-21(26-22-13-18(16-5-6-16)29-32(22)2)27-24(28-23)25-15-17-12-19(30-34-17)20-4-3-11-35-20/h3-4,11-14,16,22,29H,5-10,15H2,1-2H3,(H2,25,26,27,28). The Morgan fingerprint density at radius 2 is 2.00 bits per heavy atom. The maximum atomic E-state index is 5.54. The van der Waals surface area contributed by atoms with Crippen LogP contribution in [0.5, 0.6) is 0 Å². The molecule has 184 valence electrons. The number of nitrogens with one attached hydrogen (secondary N) is 3. The number of hydrogen-bond donors (Lipinski definition) is 3. The minimum absolute atomic E-state index is 0.0383. The third kappa shape index (κ3) is 5.12. The molecular formula is C24H31N9OS. The summed E-state index contributed by atoms with van der Waals surface area (Å²) in [6, 6.07) is 8.07. The number of anilines is 3. The number of thiophene rings is 1. The maximum Gasteiger partial charge on any atom is 0.226 e. The summed E-state index contributed by atoms with van der Waals surface area (Å²) >= 11 is 1.65. The number of hydrazine groups is 1. The highest BCUT2D eigenvalue weighted by molar-refractivity contribution is 7.13. The Morgan fingerprint density at radius 3 is 2.77 bits per heavy atom. The van der Waals surface area contributed by atoms with Gasteiger partial charge in [0.1, 0.15) is 23.5 Å². The predicted octanol–water partition coefficient (Wildman–Crippen LogP) is 3.04. The van der Waals surface area contributed by atoms with Gasteiger partial charge in [-0.3, -0.25) is 0 Å². The molecule has 35 heavy (non-hydrogen) atoms. The molecule has 1 saturated heterocycles. The zero-order chi connectivity index (χ0) is 23.8. The van der Waals surface area contributed by atoms with Crippen LogP contribution in [-0.2, 0) is 6.54 Å². The molecule has 0 bridgehead atoms. The molecule has 5 heterocycles. The van der Waals surface area contributed by atoms with E-state index in [2.05, 4.69) is 62.3 Å². The molecule has 3 aromatic rings. The monoisotopic (exact) mass is 493 g/mol. The molecule has 10 nitrogen and oxygen atoms in total. The van der Waals surface area contributed by atoms with Gasteiger partial charge < -0.3 is 30.4 Å². The molecule has 0 spiro atoms. The molecule has 3 aromatic heterocycles. The van der Waals surface area contributed by atoms with E-state index < -0.39 is 0 Å². The lowest BCUT2D eigenvalue weighted by Gasteiger charge is -2.33. The average Bonchev–Trinajstić information content (AvgIpc) is 3.21. The lowest BCUT2D eigenvalue weighted by molar-refractivity contribution is 0.261. The molecule has 11 heteroatoms. The zero-order valence-electron chi connectivity index (χ0n) is 20.1. The first-order valence-electron chi connectivity index (χ1n) is 12.1. The summed E-state index contributed by atoms with van der Waals surface area (Å²) in [7, 11) is 4.21. The van der Waals surface area contributed by atoms with Crippen molar-refractivity contribution in [2.24, 2.45) is 5.92 Å². The van der Waals surface area contributed by atoms with Gasteiger partial charge in [0.25, 0.3) is 0 Å². The third-order valence-electron chi connectivity index (χ3n) is 6.67. The molecule has 1 saturated carbocycles.